The molecule has 15 heavy (non-hydrogen) atoms. The molecule has 0 aromatic heterocycles. The van der Waals surface area contributed by atoms with Gasteiger partial charge in [0.05, 0.1) is 0 Å². The Kier molecular flexibility index (Phi) is 4.61. The number of ether oxygens (including phenoxy) is 1. The third-order valence-electron chi connectivity index (χ3n) is 1.97. The van der Waals surface area contributed by atoms with E-state index < -0.39 is 0 Å². The van der Waals surface area contributed by atoms with Gasteiger partial charge in [-0.25, -0.2) is 0 Å². The van der Waals surface area contributed by atoms with E-state index in [0.29, 0.717) is 6.42 Å². The van der Waals surface area contributed by atoms with Gasteiger partial charge in [0.2, 0.25) is 0 Å². The van der Waals surface area contributed by atoms with Crippen molar-refractivity contribution < 1.29 is 9.53 Å². The number of carbonyl (C=O) groups excluding carboxylic acids is 1. The zero-order valence-electron chi connectivity index (χ0n) is 9.14. The number of carbonyl (C=O) groups is 1. The Bertz CT molecular complexity index is 328. The lowest BCUT2D eigenvalue weighted by atomic mass is 10.2. The first kappa shape index (κ1) is 11.5. The molecule has 0 aliphatic carbocycles. The highest BCUT2D eigenvalue weighted by Crippen LogP contribution is 2.04. The van der Waals surface area contributed by atoms with Crippen LogP contribution >= 0.6 is 0 Å². The third kappa shape index (κ3) is 4.45. The van der Waals surface area contributed by atoms with Gasteiger partial charge in [0, 0.05) is 6.42 Å². The minimum atomic E-state index is -0.169. The van der Waals surface area contributed by atoms with Gasteiger partial charge in [-0.3, -0.25) is 4.79 Å². The van der Waals surface area contributed by atoms with E-state index in [4.69, 9.17) is 4.74 Å². The summed E-state index contributed by atoms with van der Waals surface area (Å²) in [7, 11) is 0. The predicted molar refractivity (Wildman–Crippen MR) is 61.3 cm³/mol. The van der Waals surface area contributed by atoms with Gasteiger partial charge >= 0.3 is 5.97 Å². The van der Waals surface area contributed by atoms with Crippen LogP contribution in [0.2, 0.25) is 0 Å². The molecule has 0 amide bonds. The lowest BCUT2D eigenvalue weighted by Gasteiger charge is -2.07. The van der Waals surface area contributed by atoms with Crippen molar-refractivity contribution in [3.8, 4) is 0 Å². The topological polar surface area (TPSA) is 26.3 Å². The van der Waals surface area contributed by atoms with Crippen molar-refractivity contribution in [1.29, 1.82) is 0 Å². The molecule has 1 aromatic rings. The molecule has 0 radical (unpaired) electrons. The molecule has 0 aliphatic heterocycles. The van der Waals surface area contributed by atoms with Gasteiger partial charge in [-0.05, 0) is 18.6 Å². The van der Waals surface area contributed by atoms with Gasteiger partial charge in [0.1, 0.15) is 6.10 Å². The molecule has 80 valence electrons. The Morgan fingerprint density at radius 3 is 2.67 bits per heavy atom. The van der Waals surface area contributed by atoms with Crippen LogP contribution in [0.1, 0.15) is 25.8 Å². The summed E-state index contributed by atoms with van der Waals surface area (Å²) in [6.45, 7) is 3.64. The van der Waals surface area contributed by atoms with Crippen molar-refractivity contribution in [1.82, 2.24) is 0 Å². The minimum absolute atomic E-state index is 0.166. The second kappa shape index (κ2) is 6.02. The van der Waals surface area contributed by atoms with E-state index in [1.54, 1.807) is 6.92 Å². The number of esters is 1. The van der Waals surface area contributed by atoms with E-state index in [-0.39, 0.29) is 12.1 Å². The average Bonchev–Trinajstić information content (AvgIpc) is 2.27. The number of hydrogen-bond acceptors (Lipinski definition) is 2. The van der Waals surface area contributed by atoms with Crippen LogP contribution in [0.3, 0.4) is 0 Å². The largest absolute Gasteiger partial charge is 0.458 e. The van der Waals surface area contributed by atoms with Crippen molar-refractivity contribution in [2.24, 2.45) is 0 Å². The smallest absolute Gasteiger partial charge is 0.306 e. The quantitative estimate of drug-likeness (QED) is 0.705. The molecule has 1 aromatic carbocycles. The Balaban J connectivity index is 2.47. The molecule has 1 atom stereocenters. The van der Waals surface area contributed by atoms with Gasteiger partial charge in [0.15, 0.2) is 0 Å². The lowest BCUT2D eigenvalue weighted by molar-refractivity contribution is -0.145. The molecule has 0 bridgehead atoms. The third-order valence-corrected chi connectivity index (χ3v) is 1.97. The summed E-state index contributed by atoms with van der Waals surface area (Å²) in [4.78, 5) is 11.0. The highest BCUT2D eigenvalue weighted by atomic mass is 16.5. The first-order valence-corrected chi connectivity index (χ1v) is 5.15. The summed E-state index contributed by atoms with van der Waals surface area (Å²) in [5, 5.41) is 0. The van der Waals surface area contributed by atoms with Crippen molar-refractivity contribution >= 4 is 12.0 Å². The van der Waals surface area contributed by atoms with Crippen LogP contribution in [-0.4, -0.2) is 12.1 Å². The SMILES string of the molecule is CCC(=O)OC(C)/C=C/c1ccccc1. The maximum atomic E-state index is 11.0. The van der Waals surface area contributed by atoms with E-state index in [9.17, 15) is 4.79 Å². The normalized spacial score (nSPS) is 12.7. The highest BCUT2D eigenvalue weighted by molar-refractivity contribution is 5.69. The van der Waals surface area contributed by atoms with Crippen LogP contribution in [0.5, 0.6) is 0 Å². The van der Waals surface area contributed by atoms with E-state index in [1.165, 1.54) is 0 Å². The maximum absolute atomic E-state index is 11.0. The van der Waals surface area contributed by atoms with E-state index in [2.05, 4.69) is 0 Å². The standard InChI is InChI=1S/C13H16O2/c1-3-13(14)15-11(2)9-10-12-7-5-4-6-8-12/h4-11H,3H2,1-2H3/b10-9+. The fourth-order valence-corrected chi connectivity index (χ4v) is 1.14. The molecule has 0 saturated carbocycles. The highest BCUT2D eigenvalue weighted by Gasteiger charge is 2.02. The van der Waals surface area contributed by atoms with Gasteiger partial charge in [0.25, 0.3) is 0 Å². The summed E-state index contributed by atoms with van der Waals surface area (Å²) < 4.78 is 5.10. The predicted octanol–water partition coefficient (Wildman–Crippen LogP) is 3.04. The maximum Gasteiger partial charge on any atom is 0.306 e. The number of rotatable bonds is 4. The summed E-state index contributed by atoms with van der Waals surface area (Å²) in [5.41, 5.74) is 1.11. The van der Waals surface area contributed by atoms with Crippen LogP contribution in [0.4, 0.5) is 0 Å². The molecule has 1 unspecified atom stereocenters. The molecule has 0 spiro atoms. The fourth-order valence-electron chi connectivity index (χ4n) is 1.14. The van der Waals surface area contributed by atoms with Gasteiger partial charge in [-0.15, -0.1) is 0 Å². The molecule has 2 nitrogen and oxygen atoms in total. The van der Waals surface area contributed by atoms with Crippen LogP contribution in [0, 0.1) is 0 Å². The Morgan fingerprint density at radius 1 is 1.40 bits per heavy atom. The zero-order valence-corrected chi connectivity index (χ0v) is 9.14. The van der Waals surface area contributed by atoms with Gasteiger partial charge in [-0.2, -0.15) is 0 Å². The van der Waals surface area contributed by atoms with Crippen LogP contribution in [0.25, 0.3) is 6.08 Å². The molecular weight excluding hydrogens is 188 g/mol. The van der Waals surface area contributed by atoms with Crippen molar-refractivity contribution in [3.05, 3.63) is 42.0 Å². The minimum Gasteiger partial charge on any atom is -0.458 e. The number of hydrogen-bond donors (Lipinski definition) is 0. The van der Waals surface area contributed by atoms with Crippen LogP contribution in [0.15, 0.2) is 36.4 Å². The number of benzene rings is 1. The van der Waals surface area contributed by atoms with Crippen molar-refractivity contribution in [3.63, 3.8) is 0 Å². The summed E-state index contributed by atoms with van der Waals surface area (Å²) in [6, 6.07) is 9.93. The van der Waals surface area contributed by atoms with Crippen molar-refractivity contribution in [2.45, 2.75) is 26.4 Å². The van der Waals surface area contributed by atoms with Crippen LogP contribution in [-0.2, 0) is 9.53 Å². The molecular formula is C13H16O2. The van der Waals surface area contributed by atoms with Crippen molar-refractivity contribution in [2.75, 3.05) is 0 Å². The average molecular weight is 204 g/mol. The molecule has 0 N–H and O–H groups in total. The summed E-state index contributed by atoms with van der Waals surface area (Å²) in [6.07, 6.45) is 4.08. The lowest BCUT2D eigenvalue weighted by Crippen LogP contribution is -2.10. The van der Waals surface area contributed by atoms with Crippen LogP contribution < -0.4 is 0 Å². The Morgan fingerprint density at radius 2 is 2.07 bits per heavy atom. The molecule has 0 saturated heterocycles. The first-order valence-electron chi connectivity index (χ1n) is 5.15. The Hall–Kier alpha value is -1.57. The zero-order chi connectivity index (χ0) is 11.1. The van der Waals surface area contributed by atoms with E-state index in [0.717, 1.165) is 5.56 Å². The first-order chi connectivity index (χ1) is 7.22. The molecule has 1 rings (SSSR count). The molecule has 0 fully saturated rings. The van der Waals surface area contributed by atoms with E-state index >= 15 is 0 Å². The van der Waals surface area contributed by atoms with Gasteiger partial charge < -0.3 is 4.74 Å². The second-order valence-corrected chi connectivity index (χ2v) is 3.32. The molecule has 0 heterocycles. The molecule has 2 heteroatoms. The molecule has 0 aliphatic rings. The second-order valence-electron chi connectivity index (χ2n) is 3.32. The summed E-state index contributed by atoms with van der Waals surface area (Å²) in [5.74, 6) is -0.166. The van der Waals surface area contributed by atoms with E-state index in [1.807, 2.05) is 49.4 Å². The Labute approximate surface area is 90.6 Å². The summed E-state index contributed by atoms with van der Waals surface area (Å²) >= 11 is 0. The van der Waals surface area contributed by atoms with Gasteiger partial charge in [-0.1, -0.05) is 43.3 Å². The fraction of sp³-hybridized carbons (Fsp3) is 0.308. The monoisotopic (exact) mass is 204 g/mol.